The fraction of sp³-hybridized carbons (Fsp3) is 0.294. The Labute approximate surface area is 156 Å². The third kappa shape index (κ3) is 4.08. The number of nitrogens with zero attached hydrogens (tertiary/aromatic N) is 3. The van der Waals surface area contributed by atoms with Gasteiger partial charge in [-0.3, -0.25) is 10.1 Å². The van der Waals surface area contributed by atoms with Crippen molar-refractivity contribution < 1.29 is 22.5 Å². The zero-order valence-corrected chi connectivity index (χ0v) is 14.6. The first-order valence-corrected chi connectivity index (χ1v) is 8.35. The van der Waals surface area contributed by atoms with Gasteiger partial charge in [0, 0.05) is 37.9 Å². The summed E-state index contributed by atoms with van der Waals surface area (Å²) in [6.45, 7) is 1.64. The highest BCUT2D eigenvalue weighted by Crippen LogP contribution is 2.41. The van der Waals surface area contributed by atoms with E-state index in [0.29, 0.717) is 32.2 Å². The molecule has 0 spiro atoms. The maximum Gasteiger partial charge on any atom is 0.418 e. The number of nitro groups is 1. The predicted octanol–water partition coefficient (Wildman–Crippen LogP) is 4.73. The Hall–Kier alpha value is -2.55. The van der Waals surface area contributed by atoms with E-state index in [2.05, 4.69) is 0 Å². The van der Waals surface area contributed by atoms with Crippen LogP contribution in [0.25, 0.3) is 0 Å². The van der Waals surface area contributed by atoms with Crippen LogP contribution in [0, 0.1) is 15.9 Å². The van der Waals surface area contributed by atoms with Gasteiger partial charge in [0.05, 0.1) is 15.5 Å². The van der Waals surface area contributed by atoms with Gasteiger partial charge in [0.2, 0.25) is 0 Å². The van der Waals surface area contributed by atoms with E-state index in [9.17, 15) is 27.7 Å². The first kappa shape index (κ1) is 19.2. The molecule has 1 saturated heterocycles. The monoisotopic (exact) mass is 403 g/mol. The maximum atomic E-state index is 13.0. The molecule has 0 atom stereocenters. The zero-order chi connectivity index (χ0) is 19.8. The van der Waals surface area contributed by atoms with E-state index in [1.807, 2.05) is 4.90 Å². The summed E-state index contributed by atoms with van der Waals surface area (Å²) in [4.78, 5) is 14.1. The van der Waals surface area contributed by atoms with Crippen molar-refractivity contribution in [3.05, 3.63) is 62.9 Å². The molecular weight excluding hydrogens is 390 g/mol. The van der Waals surface area contributed by atoms with Crippen molar-refractivity contribution >= 4 is 28.7 Å². The molecule has 0 amide bonds. The van der Waals surface area contributed by atoms with Crippen LogP contribution in [0.1, 0.15) is 5.56 Å². The molecule has 5 nitrogen and oxygen atoms in total. The Bertz CT molecular complexity index is 850. The van der Waals surface area contributed by atoms with Crippen LogP contribution in [0.2, 0.25) is 5.02 Å². The number of rotatable bonds is 3. The Morgan fingerprint density at radius 2 is 1.56 bits per heavy atom. The average molecular weight is 404 g/mol. The number of anilines is 2. The highest BCUT2D eigenvalue weighted by atomic mass is 35.5. The molecule has 0 unspecified atom stereocenters. The molecule has 1 fully saturated rings. The smallest absolute Gasteiger partial charge is 0.368 e. The highest BCUT2D eigenvalue weighted by Gasteiger charge is 2.37. The van der Waals surface area contributed by atoms with Crippen molar-refractivity contribution in [2.24, 2.45) is 0 Å². The second kappa shape index (κ2) is 7.22. The highest BCUT2D eigenvalue weighted by molar-refractivity contribution is 6.31. The van der Waals surface area contributed by atoms with Crippen LogP contribution < -0.4 is 9.80 Å². The predicted molar refractivity (Wildman–Crippen MR) is 93.9 cm³/mol. The van der Waals surface area contributed by atoms with Crippen LogP contribution in [0.15, 0.2) is 36.4 Å². The fourth-order valence-electron chi connectivity index (χ4n) is 3.03. The number of hydrogen-bond donors (Lipinski definition) is 0. The summed E-state index contributed by atoms with van der Waals surface area (Å²) in [5.41, 5.74) is -1.01. The van der Waals surface area contributed by atoms with Gasteiger partial charge in [0.15, 0.2) is 0 Å². The lowest BCUT2D eigenvalue weighted by atomic mass is 10.1. The number of halogens is 5. The van der Waals surface area contributed by atoms with Gasteiger partial charge in [-0.2, -0.15) is 13.2 Å². The third-order valence-corrected chi connectivity index (χ3v) is 4.69. The van der Waals surface area contributed by atoms with Crippen LogP contribution in [-0.2, 0) is 6.18 Å². The molecule has 0 saturated carbocycles. The molecular formula is C17H14ClF4N3O2. The van der Waals surface area contributed by atoms with Crippen molar-refractivity contribution in [1.29, 1.82) is 0 Å². The minimum Gasteiger partial charge on any atom is -0.368 e. The van der Waals surface area contributed by atoms with Crippen molar-refractivity contribution in [3.8, 4) is 0 Å². The second-order valence-corrected chi connectivity index (χ2v) is 6.43. The summed E-state index contributed by atoms with van der Waals surface area (Å²) in [6.07, 6.45) is -4.78. The molecule has 0 aliphatic carbocycles. The number of nitro benzene ring substituents is 1. The molecule has 1 aliphatic rings. The van der Waals surface area contributed by atoms with Crippen molar-refractivity contribution in [2.75, 3.05) is 36.0 Å². The van der Waals surface area contributed by atoms with E-state index in [1.54, 1.807) is 17.0 Å². The lowest BCUT2D eigenvalue weighted by molar-refractivity contribution is -0.384. The molecule has 2 aromatic rings. The van der Waals surface area contributed by atoms with Gasteiger partial charge in [-0.25, -0.2) is 4.39 Å². The fourth-order valence-corrected chi connectivity index (χ4v) is 3.29. The zero-order valence-electron chi connectivity index (χ0n) is 13.8. The van der Waals surface area contributed by atoms with E-state index < -0.39 is 27.4 Å². The largest absolute Gasteiger partial charge is 0.418 e. The lowest BCUT2D eigenvalue weighted by Crippen LogP contribution is -2.46. The van der Waals surface area contributed by atoms with Crippen LogP contribution in [0.5, 0.6) is 0 Å². The molecule has 10 heteroatoms. The third-order valence-electron chi connectivity index (χ3n) is 4.38. The van der Waals surface area contributed by atoms with Gasteiger partial charge in [0.25, 0.3) is 5.69 Å². The molecule has 0 aromatic heterocycles. The molecule has 0 bridgehead atoms. The Balaban J connectivity index is 1.84. The Morgan fingerprint density at radius 1 is 1.00 bits per heavy atom. The van der Waals surface area contributed by atoms with Gasteiger partial charge < -0.3 is 9.80 Å². The second-order valence-electron chi connectivity index (χ2n) is 6.03. The van der Waals surface area contributed by atoms with E-state index in [1.165, 1.54) is 12.1 Å². The van der Waals surface area contributed by atoms with Crippen molar-refractivity contribution in [1.82, 2.24) is 0 Å². The minimum absolute atomic E-state index is 0.0526. The number of alkyl halides is 3. The average Bonchev–Trinajstić information content (AvgIpc) is 2.61. The van der Waals surface area contributed by atoms with Crippen LogP contribution in [0.4, 0.5) is 34.6 Å². The van der Waals surface area contributed by atoms with Crippen LogP contribution >= 0.6 is 11.6 Å². The van der Waals surface area contributed by atoms with Gasteiger partial charge in [-0.05, 0) is 30.3 Å². The normalized spacial score (nSPS) is 15.1. The van der Waals surface area contributed by atoms with Gasteiger partial charge in [-0.1, -0.05) is 11.6 Å². The summed E-state index contributed by atoms with van der Waals surface area (Å²) in [5.74, 6) is -0.354. The number of piperazine rings is 1. The Morgan fingerprint density at radius 3 is 2.07 bits per heavy atom. The molecule has 2 aromatic carbocycles. The van der Waals surface area contributed by atoms with E-state index >= 15 is 0 Å². The quantitative estimate of drug-likeness (QED) is 0.422. The van der Waals surface area contributed by atoms with Gasteiger partial charge >= 0.3 is 6.18 Å². The van der Waals surface area contributed by atoms with Crippen molar-refractivity contribution in [2.45, 2.75) is 6.18 Å². The van der Waals surface area contributed by atoms with Crippen LogP contribution in [-0.4, -0.2) is 31.1 Å². The molecule has 144 valence electrons. The standard InChI is InChI=1S/C17H14ClF4N3O2/c18-14-10-15(16(25(26)27)9-13(14)17(20,21)22)24-7-5-23(6-8-24)12-3-1-11(19)2-4-12/h1-4,9-10H,5-8H2. The van der Waals surface area contributed by atoms with Crippen molar-refractivity contribution in [3.63, 3.8) is 0 Å². The molecule has 1 aliphatic heterocycles. The lowest BCUT2D eigenvalue weighted by Gasteiger charge is -2.37. The Kier molecular flexibility index (Phi) is 5.14. The summed E-state index contributed by atoms with van der Waals surface area (Å²) in [5, 5.41) is 10.7. The SMILES string of the molecule is O=[N+]([O-])c1cc(C(F)(F)F)c(Cl)cc1N1CCN(c2ccc(F)cc2)CC1. The number of hydrogen-bond acceptors (Lipinski definition) is 4. The summed E-state index contributed by atoms with van der Waals surface area (Å²) < 4.78 is 52.0. The minimum atomic E-state index is -4.78. The maximum absolute atomic E-state index is 13.0. The number of benzene rings is 2. The first-order chi connectivity index (χ1) is 12.7. The topological polar surface area (TPSA) is 49.6 Å². The summed E-state index contributed by atoms with van der Waals surface area (Å²) >= 11 is 5.73. The van der Waals surface area contributed by atoms with Gasteiger partial charge in [-0.15, -0.1) is 0 Å². The molecule has 1 heterocycles. The van der Waals surface area contributed by atoms with Crippen LogP contribution in [0.3, 0.4) is 0 Å². The summed E-state index contributed by atoms with van der Waals surface area (Å²) in [7, 11) is 0. The summed E-state index contributed by atoms with van der Waals surface area (Å²) in [6, 6.07) is 7.40. The van der Waals surface area contributed by atoms with E-state index in [0.717, 1.165) is 11.8 Å². The van der Waals surface area contributed by atoms with Gasteiger partial charge in [0.1, 0.15) is 11.5 Å². The molecule has 0 radical (unpaired) electrons. The van der Waals surface area contributed by atoms with E-state index in [-0.39, 0.29) is 11.5 Å². The molecule has 3 rings (SSSR count). The molecule has 27 heavy (non-hydrogen) atoms. The first-order valence-electron chi connectivity index (χ1n) is 7.97. The molecule has 0 N–H and O–H groups in total. The van der Waals surface area contributed by atoms with E-state index in [4.69, 9.17) is 11.6 Å².